The lowest BCUT2D eigenvalue weighted by Gasteiger charge is -2.04. The van der Waals surface area contributed by atoms with Gasteiger partial charge in [0.05, 0.1) is 9.90 Å². The Kier molecular flexibility index (Phi) is 3.76. The highest BCUT2D eigenvalue weighted by atomic mass is 35.5. The van der Waals surface area contributed by atoms with Crippen LogP contribution in [0.4, 0.5) is 4.39 Å². The minimum atomic E-state index is -0.458. The number of carbonyl (C=O) groups excluding carboxylic acids is 1. The average Bonchev–Trinajstić information content (AvgIpc) is 2.84. The number of rotatable bonds is 3. The first-order valence-corrected chi connectivity index (χ1v) is 6.18. The van der Waals surface area contributed by atoms with E-state index in [2.05, 4.69) is 5.32 Å². The van der Waals surface area contributed by atoms with Crippen molar-refractivity contribution in [2.75, 3.05) is 0 Å². The van der Waals surface area contributed by atoms with Gasteiger partial charge in [-0.3, -0.25) is 4.79 Å². The Morgan fingerprint density at radius 3 is 2.88 bits per heavy atom. The fourth-order valence-corrected chi connectivity index (χ4v) is 2.17. The van der Waals surface area contributed by atoms with Gasteiger partial charge < -0.3 is 5.32 Å². The van der Waals surface area contributed by atoms with Crippen molar-refractivity contribution in [3.05, 3.63) is 57.0 Å². The van der Waals surface area contributed by atoms with E-state index in [0.717, 1.165) is 5.56 Å². The van der Waals surface area contributed by atoms with E-state index >= 15 is 0 Å². The molecule has 2 rings (SSSR count). The van der Waals surface area contributed by atoms with Gasteiger partial charge in [0.2, 0.25) is 0 Å². The molecule has 0 saturated heterocycles. The molecule has 0 atom stereocenters. The summed E-state index contributed by atoms with van der Waals surface area (Å²) in [4.78, 5) is 12.3. The van der Waals surface area contributed by atoms with E-state index in [-0.39, 0.29) is 10.9 Å². The van der Waals surface area contributed by atoms with Gasteiger partial charge in [-0.15, -0.1) is 11.3 Å². The van der Waals surface area contributed by atoms with Gasteiger partial charge in [-0.1, -0.05) is 23.7 Å². The van der Waals surface area contributed by atoms with Crippen LogP contribution >= 0.6 is 22.9 Å². The van der Waals surface area contributed by atoms with Gasteiger partial charge in [-0.25, -0.2) is 4.39 Å². The summed E-state index contributed by atoms with van der Waals surface area (Å²) in [5.74, 6) is -0.597. The Labute approximate surface area is 107 Å². The highest BCUT2D eigenvalue weighted by molar-refractivity contribution is 7.12. The summed E-state index contributed by atoms with van der Waals surface area (Å²) in [5, 5.41) is 4.64. The van der Waals surface area contributed by atoms with Crippen LogP contribution in [0.5, 0.6) is 0 Å². The van der Waals surface area contributed by atoms with Gasteiger partial charge in [-0.2, -0.15) is 0 Å². The Morgan fingerprint density at radius 2 is 2.24 bits per heavy atom. The molecule has 2 nitrogen and oxygen atoms in total. The molecule has 1 aromatic carbocycles. The number of nitrogens with one attached hydrogen (secondary N) is 1. The fraction of sp³-hybridized carbons (Fsp3) is 0.0833. The first kappa shape index (κ1) is 12.1. The number of amides is 1. The monoisotopic (exact) mass is 269 g/mol. The lowest BCUT2D eigenvalue weighted by Crippen LogP contribution is -2.21. The van der Waals surface area contributed by atoms with Crippen LogP contribution in [0.25, 0.3) is 0 Å². The first-order chi connectivity index (χ1) is 8.16. The lowest BCUT2D eigenvalue weighted by atomic mass is 10.2. The molecule has 2 aromatic rings. The molecule has 0 aliphatic carbocycles. The van der Waals surface area contributed by atoms with Crippen molar-refractivity contribution in [2.24, 2.45) is 0 Å². The molecule has 1 amide bonds. The van der Waals surface area contributed by atoms with Crippen LogP contribution in [-0.2, 0) is 6.54 Å². The fourth-order valence-electron chi connectivity index (χ4n) is 1.33. The predicted molar refractivity (Wildman–Crippen MR) is 66.9 cm³/mol. The van der Waals surface area contributed by atoms with Gasteiger partial charge in [0.15, 0.2) is 0 Å². The van der Waals surface area contributed by atoms with Crippen molar-refractivity contribution in [1.82, 2.24) is 5.32 Å². The molecular formula is C12H9ClFNOS. The molecular weight excluding hydrogens is 261 g/mol. The molecule has 1 heterocycles. The third kappa shape index (κ3) is 3.05. The van der Waals surface area contributed by atoms with Crippen LogP contribution in [-0.4, -0.2) is 5.91 Å². The Balaban J connectivity index is 1.98. The summed E-state index contributed by atoms with van der Waals surface area (Å²) in [6, 6.07) is 7.95. The molecule has 0 saturated carbocycles. The Morgan fingerprint density at radius 1 is 1.41 bits per heavy atom. The Bertz CT molecular complexity index is 527. The second-order valence-electron chi connectivity index (χ2n) is 3.41. The molecule has 1 N–H and O–H groups in total. The van der Waals surface area contributed by atoms with E-state index in [1.807, 2.05) is 11.4 Å². The van der Waals surface area contributed by atoms with Crippen LogP contribution < -0.4 is 5.32 Å². The van der Waals surface area contributed by atoms with Crippen molar-refractivity contribution in [1.29, 1.82) is 0 Å². The second kappa shape index (κ2) is 5.29. The molecule has 0 aliphatic rings. The quantitative estimate of drug-likeness (QED) is 0.908. The molecule has 88 valence electrons. The van der Waals surface area contributed by atoms with Crippen LogP contribution in [0.15, 0.2) is 35.7 Å². The zero-order valence-corrected chi connectivity index (χ0v) is 10.3. The largest absolute Gasteiger partial charge is 0.347 e. The maximum Gasteiger partial charge on any atom is 0.261 e. The van der Waals surface area contributed by atoms with Crippen molar-refractivity contribution >= 4 is 28.8 Å². The lowest BCUT2D eigenvalue weighted by molar-refractivity contribution is 0.0955. The highest BCUT2D eigenvalue weighted by Gasteiger charge is 2.06. The van der Waals surface area contributed by atoms with E-state index in [0.29, 0.717) is 11.4 Å². The number of benzene rings is 1. The van der Waals surface area contributed by atoms with Gasteiger partial charge >= 0.3 is 0 Å². The summed E-state index contributed by atoms with van der Waals surface area (Å²) in [6.07, 6.45) is 0. The summed E-state index contributed by atoms with van der Waals surface area (Å²) in [7, 11) is 0. The van der Waals surface area contributed by atoms with Crippen molar-refractivity contribution in [3.8, 4) is 0 Å². The SMILES string of the molecule is O=C(NCc1ccc(F)c(Cl)c1)c1cccs1. The maximum absolute atomic E-state index is 12.9. The molecule has 17 heavy (non-hydrogen) atoms. The zero-order valence-electron chi connectivity index (χ0n) is 8.74. The van der Waals surface area contributed by atoms with Crippen LogP contribution in [0.3, 0.4) is 0 Å². The molecule has 0 radical (unpaired) electrons. The van der Waals surface area contributed by atoms with E-state index in [9.17, 15) is 9.18 Å². The number of halogens is 2. The smallest absolute Gasteiger partial charge is 0.261 e. The predicted octanol–water partition coefficient (Wildman–Crippen LogP) is 3.47. The summed E-state index contributed by atoms with van der Waals surface area (Å²) in [5.41, 5.74) is 0.765. The first-order valence-electron chi connectivity index (χ1n) is 4.92. The van der Waals surface area contributed by atoms with Crippen LogP contribution in [0, 0.1) is 5.82 Å². The molecule has 0 bridgehead atoms. The summed E-state index contributed by atoms with van der Waals surface area (Å²) in [6.45, 7) is 0.330. The minimum absolute atomic E-state index is 0.0628. The molecule has 0 unspecified atom stereocenters. The number of thiophene rings is 1. The molecule has 1 aromatic heterocycles. The standard InChI is InChI=1S/C12H9ClFNOS/c13-9-6-8(3-4-10(9)14)7-15-12(16)11-2-1-5-17-11/h1-6H,7H2,(H,15,16). The van der Waals surface area contributed by atoms with Crippen molar-refractivity contribution in [3.63, 3.8) is 0 Å². The number of carbonyl (C=O) groups is 1. The highest BCUT2D eigenvalue weighted by Crippen LogP contribution is 2.16. The van der Waals surface area contributed by atoms with Gasteiger partial charge in [0.25, 0.3) is 5.91 Å². The van der Waals surface area contributed by atoms with Crippen molar-refractivity contribution in [2.45, 2.75) is 6.54 Å². The third-order valence-corrected chi connectivity index (χ3v) is 3.34. The molecule has 0 spiro atoms. The second-order valence-corrected chi connectivity index (χ2v) is 4.76. The molecule has 0 aliphatic heterocycles. The van der Waals surface area contributed by atoms with Crippen LogP contribution in [0.2, 0.25) is 5.02 Å². The van der Waals surface area contributed by atoms with Crippen molar-refractivity contribution < 1.29 is 9.18 Å². The Hall–Kier alpha value is -1.39. The summed E-state index contributed by atoms with van der Waals surface area (Å²) < 4.78 is 12.9. The average molecular weight is 270 g/mol. The topological polar surface area (TPSA) is 29.1 Å². The van der Waals surface area contributed by atoms with Gasteiger partial charge in [-0.05, 0) is 29.1 Å². The normalized spacial score (nSPS) is 10.2. The third-order valence-electron chi connectivity index (χ3n) is 2.18. The van der Waals surface area contributed by atoms with Gasteiger partial charge in [0, 0.05) is 6.54 Å². The number of hydrogen-bond donors (Lipinski definition) is 1. The minimum Gasteiger partial charge on any atom is -0.347 e. The molecule has 5 heteroatoms. The van der Waals surface area contributed by atoms with E-state index in [4.69, 9.17) is 11.6 Å². The zero-order chi connectivity index (χ0) is 12.3. The summed E-state index contributed by atoms with van der Waals surface area (Å²) >= 11 is 7.02. The maximum atomic E-state index is 12.9. The van der Waals surface area contributed by atoms with E-state index < -0.39 is 5.82 Å². The van der Waals surface area contributed by atoms with E-state index in [1.165, 1.54) is 23.5 Å². The van der Waals surface area contributed by atoms with Crippen LogP contribution in [0.1, 0.15) is 15.2 Å². The number of hydrogen-bond acceptors (Lipinski definition) is 2. The van der Waals surface area contributed by atoms with Gasteiger partial charge in [0.1, 0.15) is 5.82 Å². The molecule has 0 fully saturated rings. The van der Waals surface area contributed by atoms with E-state index in [1.54, 1.807) is 12.1 Å².